The first-order valence-electron chi connectivity index (χ1n) is 7.19. The van der Waals surface area contributed by atoms with E-state index in [4.69, 9.17) is 14.2 Å². The minimum absolute atomic E-state index is 0.0556. The third kappa shape index (κ3) is 5.31. The number of ether oxygens (including phenoxy) is 3. The monoisotopic (exact) mass is 336 g/mol. The summed E-state index contributed by atoms with van der Waals surface area (Å²) in [5, 5.41) is 2.42. The zero-order valence-electron chi connectivity index (χ0n) is 13.2. The molecule has 0 N–H and O–H groups in total. The summed E-state index contributed by atoms with van der Waals surface area (Å²) in [5.74, 6) is 0.594. The average Bonchev–Trinajstić information content (AvgIpc) is 3.08. The van der Waals surface area contributed by atoms with Crippen LogP contribution in [0.25, 0.3) is 0 Å². The van der Waals surface area contributed by atoms with Crippen LogP contribution in [0.4, 0.5) is 0 Å². The Labute approximate surface area is 139 Å². The highest BCUT2D eigenvalue weighted by molar-refractivity contribution is 7.11. The first kappa shape index (κ1) is 17.4. The highest BCUT2D eigenvalue weighted by atomic mass is 32.1. The van der Waals surface area contributed by atoms with E-state index in [1.165, 1.54) is 11.3 Å². The lowest BCUT2D eigenvalue weighted by Crippen LogP contribution is -2.36. The zero-order chi connectivity index (χ0) is 16.5. The Morgan fingerprint density at radius 2 is 1.78 bits per heavy atom. The molecule has 1 aromatic carbocycles. The van der Waals surface area contributed by atoms with E-state index < -0.39 is 0 Å². The fraction of sp³-hybridized carbons (Fsp3) is 0.375. The van der Waals surface area contributed by atoms with E-state index in [-0.39, 0.29) is 5.91 Å². The van der Waals surface area contributed by atoms with Crippen molar-refractivity contribution in [3.05, 3.63) is 41.4 Å². The molecule has 1 heterocycles. The van der Waals surface area contributed by atoms with Gasteiger partial charge in [-0.1, -0.05) is 11.3 Å². The maximum Gasteiger partial charge on any atom is 0.278 e. The second-order valence-electron chi connectivity index (χ2n) is 4.70. The van der Waals surface area contributed by atoms with Crippen LogP contribution in [0.15, 0.2) is 35.8 Å². The number of carbonyl (C=O) groups excluding carboxylic acids is 1. The molecule has 0 aliphatic rings. The minimum Gasteiger partial charge on any atom is -0.431 e. The van der Waals surface area contributed by atoms with Gasteiger partial charge in [0.1, 0.15) is 5.75 Å². The molecular weight excluding hydrogens is 316 g/mol. The molecular formula is C16H20N2O4S. The molecule has 1 aromatic heterocycles. The van der Waals surface area contributed by atoms with E-state index in [1.807, 2.05) is 5.38 Å². The fourth-order valence-corrected chi connectivity index (χ4v) is 2.43. The molecule has 0 saturated heterocycles. The average molecular weight is 336 g/mol. The Bertz CT molecular complexity index is 579. The van der Waals surface area contributed by atoms with Crippen molar-refractivity contribution in [1.82, 2.24) is 9.88 Å². The molecule has 0 radical (unpaired) electrons. The molecule has 2 rings (SSSR count). The Kier molecular flexibility index (Phi) is 6.99. The summed E-state index contributed by atoms with van der Waals surface area (Å²) < 4.78 is 15.7. The van der Waals surface area contributed by atoms with Gasteiger partial charge in [-0.2, -0.15) is 0 Å². The van der Waals surface area contributed by atoms with Crippen LogP contribution in [0.5, 0.6) is 10.9 Å². The van der Waals surface area contributed by atoms with Crippen LogP contribution in [0.3, 0.4) is 0 Å². The van der Waals surface area contributed by atoms with E-state index in [1.54, 1.807) is 49.6 Å². The number of methoxy groups -OCH3 is 2. The normalized spacial score (nSPS) is 10.5. The first-order chi connectivity index (χ1) is 11.2. The van der Waals surface area contributed by atoms with Crippen LogP contribution in [0.1, 0.15) is 10.4 Å². The van der Waals surface area contributed by atoms with Gasteiger partial charge in [-0.3, -0.25) is 4.79 Å². The third-order valence-corrected chi connectivity index (χ3v) is 3.78. The Hall–Kier alpha value is -1.96. The van der Waals surface area contributed by atoms with E-state index in [0.29, 0.717) is 42.8 Å². The molecule has 0 unspecified atom stereocenters. The molecule has 7 heteroatoms. The van der Waals surface area contributed by atoms with Crippen LogP contribution in [-0.4, -0.2) is 56.3 Å². The molecule has 2 aromatic rings. The molecule has 0 aliphatic heterocycles. The number of hydrogen-bond acceptors (Lipinski definition) is 6. The van der Waals surface area contributed by atoms with E-state index >= 15 is 0 Å². The summed E-state index contributed by atoms with van der Waals surface area (Å²) in [4.78, 5) is 18.3. The minimum atomic E-state index is -0.0556. The van der Waals surface area contributed by atoms with Crippen LogP contribution >= 0.6 is 11.3 Å². The van der Waals surface area contributed by atoms with Crippen molar-refractivity contribution in [3.63, 3.8) is 0 Å². The number of nitrogens with zero attached hydrogens (tertiary/aromatic N) is 2. The van der Waals surface area contributed by atoms with Crippen molar-refractivity contribution in [2.45, 2.75) is 0 Å². The number of carbonyl (C=O) groups is 1. The Morgan fingerprint density at radius 1 is 1.13 bits per heavy atom. The maximum atomic E-state index is 12.5. The summed E-state index contributed by atoms with van der Waals surface area (Å²) in [5.41, 5.74) is 0.601. The highest BCUT2D eigenvalue weighted by Crippen LogP contribution is 2.23. The van der Waals surface area contributed by atoms with Gasteiger partial charge in [0.05, 0.1) is 13.2 Å². The SMILES string of the molecule is COCCN(CCOC)C(=O)c1ccc(Oc2nccs2)cc1. The molecule has 0 bridgehead atoms. The lowest BCUT2D eigenvalue weighted by Gasteiger charge is -2.22. The van der Waals surface area contributed by atoms with Crippen LogP contribution in [-0.2, 0) is 9.47 Å². The standard InChI is InChI=1S/C16H20N2O4S/c1-20-10-8-18(9-11-21-2)15(19)13-3-5-14(6-4-13)22-16-17-7-12-23-16/h3-7,12H,8-11H2,1-2H3. The van der Waals surface area contributed by atoms with E-state index in [0.717, 1.165) is 0 Å². The quantitative estimate of drug-likeness (QED) is 0.704. The van der Waals surface area contributed by atoms with Crippen molar-refractivity contribution in [3.8, 4) is 10.9 Å². The molecule has 1 amide bonds. The van der Waals surface area contributed by atoms with Gasteiger partial charge in [0.25, 0.3) is 11.1 Å². The van der Waals surface area contributed by atoms with Crippen LogP contribution in [0, 0.1) is 0 Å². The van der Waals surface area contributed by atoms with Gasteiger partial charge in [-0.05, 0) is 24.3 Å². The second kappa shape index (κ2) is 9.24. The largest absolute Gasteiger partial charge is 0.431 e. The van der Waals surface area contributed by atoms with Gasteiger partial charge in [0.15, 0.2) is 0 Å². The van der Waals surface area contributed by atoms with Gasteiger partial charge < -0.3 is 19.1 Å². The van der Waals surface area contributed by atoms with E-state index in [9.17, 15) is 4.79 Å². The van der Waals surface area contributed by atoms with Gasteiger partial charge >= 0.3 is 0 Å². The van der Waals surface area contributed by atoms with Crippen molar-refractivity contribution in [1.29, 1.82) is 0 Å². The van der Waals surface area contributed by atoms with Crippen molar-refractivity contribution in [2.75, 3.05) is 40.5 Å². The van der Waals surface area contributed by atoms with Gasteiger partial charge in [0, 0.05) is 44.4 Å². The first-order valence-corrected chi connectivity index (χ1v) is 8.07. The Balaban J connectivity index is 2.01. The number of rotatable bonds is 9. The lowest BCUT2D eigenvalue weighted by atomic mass is 10.2. The number of aromatic nitrogens is 1. The summed E-state index contributed by atoms with van der Waals surface area (Å²) >= 11 is 1.42. The van der Waals surface area contributed by atoms with Crippen LogP contribution < -0.4 is 4.74 Å². The molecule has 0 saturated carbocycles. The summed E-state index contributed by atoms with van der Waals surface area (Å²) in [6.45, 7) is 2.02. The number of hydrogen-bond donors (Lipinski definition) is 0. The number of amides is 1. The highest BCUT2D eigenvalue weighted by Gasteiger charge is 2.15. The third-order valence-electron chi connectivity index (χ3n) is 3.13. The molecule has 124 valence electrons. The molecule has 0 aliphatic carbocycles. The molecule has 0 spiro atoms. The van der Waals surface area contributed by atoms with E-state index in [2.05, 4.69) is 4.98 Å². The number of benzene rings is 1. The molecule has 0 atom stereocenters. The predicted octanol–water partition coefficient (Wildman–Crippen LogP) is 2.67. The molecule has 23 heavy (non-hydrogen) atoms. The van der Waals surface area contributed by atoms with Gasteiger partial charge in [-0.25, -0.2) is 4.98 Å². The van der Waals surface area contributed by atoms with Crippen molar-refractivity contribution in [2.24, 2.45) is 0 Å². The topological polar surface area (TPSA) is 60.9 Å². The lowest BCUT2D eigenvalue weighted by molar-refractivity contribution is 0.0627. The van der Waals surface area contributed by atoms with Crippen molar-refractivity contribution >= 4 is 17.2 Å². The van der Waals surface area contributed by atoms with Gasteiger partial charge in [0.2, 0.25) is 0 Å². The van der Waals surface area contributed by atoms with Crippen LogP contribution in [0.2, 0.25) is 0 Å². The van der Waals surface area contributed by atoms with Gasteiger partial charge in [-0.15, -0.1) is 0 Å². The number of thiazole rings is 1. The molecule has 6 nitrogen and oxygen atoms in total. The predicted molar refractivity (Wildman–Crippen MR) is 88.3 cm³/mol. The second-order valence-corrected chi connectivity index (χ2v) is 5.56. The zero-order valence-corrected chi connectivity index (χ0v) is 14.0. The Morgan fingerprint density at radius 3 is 2.30 bits per heavy atom. The van der Waals surface area contributed by atoms with Crippen molar-refractivity contribution < 1.29 is 19.0 Å². The smallest absolute Gasteiger partial charge is 0.278 e. The summed E-state index contributed by atoms with van der Waals surface area (Å²) in [6, 6.07) is 7.02. The molecule has 0 fully saturated rings. The maximum absolute atomic E-state index is 12.5. The fourth-order valence-electron chi connectivity index (χ4n) is 1.93. The summed E-state index contributed by atoms with van der Waals surface area (Å²) in [7, 11) is 3.23. The summed E-state index contributed by atoms with van der Waals surface area (Å²) in [6.07, 6.45) is 1.68.